The molecule has 0 unspecified atom stereocenters. The number of hydrogen-bond acceptors (Lipinski definition) is 5. The second kappa shape index (κ2) is 6.36. The number of ether oxygens (including phenoxy) is 1. The molecule has 0 saturated heterocycles. The molecule has 2 aromatic rings. The molecule has 1 aromatic carbocycles. The van der Waals surface area contributed by atoms with Crippen LogP contribution < -0.4 is 11.3 Å². The summed E-state index contributed by atoms with van der Waals surface area (Å²) in [6.45, 7) is 0.305. The summed E-state index contributed by atoms with van der Waals surface area (Å²) in [4.78, 5) is 8.49. The topological polar surface area (TPSA) is 73.1 Å². The lowest BCUT2D eigenvalue weighted by Crippen LogP contribution is -2.10. The molecule has 0 amide bonds. The van der Waals surface area contributed by atoms with Gasteiger partial charge in [0.2, 0.25) is 0 Å². The van der Waals surface area contributed by atoms with E-state index in [1.807, 2.05) is 0 Å². The molecule has 0 spiro atoms. The van der Waals surface area contributed by atoms with Gasteiger partial charge in [-0.15, -0.1) is 0 Å². The molecule has 2 rings (SSSR count). The number of methoxy groups -OCH3 is 1. The molecule has 1 heterocycles. The molecule has 1 aromatic heterocycles. The molecule has 20 heavy (non-hydrogen) atoms. The van der Waals surface area contributed by atoms with E-state index in [0.717, 1.165) is 0 Å². The van der Waals surface area contributed by atoms with Crippen molar-refractivity contribution in [2.75, 3.05) is 12.5 Å². The van der Waals surface area contributed by atoms with Gasteiger partial charge >= 0.3 is 0 Å². The fourth-order valence-corrected chi connectivity index (χ4v) is 1.70. The summed E-state index contributed by atoms with van der Waals surface area (Å²) < 4.78 is 30.0. The van der Waals surface area contributed by atoms with Crippen LogP contribution in [0.5, 0.6) is 0 Å². The SMILES string of the molecule is COCc1cc(NN)nc(-c2ccc(C(F)F)cc2)n1. The Morgan fingerprint density at radius 1 is 1.25 bits per heavy atom. The zero-order valence-electron chi connectivity index (χ0n) is 10.8. The van der Waals surface area contributed by atoms with Crippen molar-refractivity contribution in [2.24, 2.45) is 5.84 Å². The third-order valence-corrected chi connectivity index (χ3v) is 2.64. The Morgan fingerprint density at radius 2 is 1.95 bits per heavy atom. The third-order valence-electron chi connectivity index (χ3n) is 2.64. The van der Waals surface area contributed by atoms with Gasteiger partial charge in [-0.1, -0.05) is 24.3 Å². The maximum Gasteiger partial charge on any atom is 0.263 e. The molecule has 0 bridgehead atoms. The maximum atomic E-state index is 12.5. The molecule has 0 fully saturated rings. The first kappa shape index (κ1) is 14.3. The Labute approximate surface area is 114 Å². The van der Waals surface area contributed by atoms with Crippen LogP contribution in [0, 0.1) is 0 Å². The van der Waals surface area contributed by atoms with Crippen LogP contribution in [-0.4, -0.2) is 17.1 Å². The molecule has 0 atom stereocenters. The fourth-order valence-electron chi connectivity index (χ4n) is 1.70. The number of aromatic nitrogens is 2. The predicted molar refractivity (Wildman–Crippen MR) is 70.9 cm³/mol. The number of hydrogen-bond donors (Lipinski definition) is 2. The van der Waals surface area contributed by atoms with Crippen molar-refractivity contribution in [3.05, 3.63) is 41.6 Å². The van der Waals surface area contributed by atoms with Gasteiger partial charge in [0.25, 0.3) is 6.43 Å². The number of alkyl halides is 2. The quantitative estimate of drug-likeness (QED) is 0.650. The van der Waals surface area contributed by atoms with Crippen molar-refractivity contribution in [1.29, 1.82) is 0 Å². The van der Waals surface area contributed by atoms with E-state index in [2.05, 4.69) is 15.4 Å². The van der Waals surface area contributed by atoms with E-state index in [9.17, 15) is 8.78 Å². The Hall–Kier alpha value is -2.12. The van der Waals surface area contributed by atoms with Gasteiger partial charge in [0, 0.05) is 24.3 Å². The number of halogens is 2. The van der Waals surface area contributed by atoms with Crippen LogP contribution in [0.3, 0.4) is 0 Å². The van der Waals surface area contributed by atoms with Gasteiger partial charge in [0.05, 0.1) is 12.3 Å². The molecule has 0 aliphatic heterocycles. The predicted octanol–water partition coefficient (Wildman–Crippen LogP) is 2.51. The van der Waals surface area contributed by atoms with E-state index in [4.69, 9.17) is 10.6 Å². The normalized spacial score (nSPS) is 10.8. The number of nitrogens with zero attached hydrogens (tertiary/aromatic N) is 2. The summed E-state index contributed by atoms with van der Waals surface area (Å²) in [7, 11) is 1.55. The van der Waals surface area contributed by atoms with Crippen molar-refractivity contribution in [3.63, 3.8) is 0 Å². The van der Waals surface area contributed by atoms with Gasteiger partial charge in [-0.2, -0.15) is 0 Å². The van der Waals surface area contributed by atoms with Gasteiger partial charge in [0.15, 0.2) is 5.82 Å². The minimum Gasteiger partial charge on any atom is -0.378 e. The van der Waals surface area contributed by atoms with Crippen molar-refractivity contribution >= 4 is 5.82 Å². The molecule has 5 nitrogen and oxygen atoms in total. The van der Waals surface area contributed by atoms with Gasteiger partial charge < -0.3 is 10.2 Å². The summed E-state index contributed by atoms with van der Waals surface area (Å²) in [5, 5.41) is 0. The summed E-state index contributed by atoms with van der Waals surface area (Å²) in [6.07, 6.45) is -2.49. The number of hydrazine groups is 1. The van der Waals surface area contributed by atoms with E-state index in [1.54, 1.807) is 25.3 Å². The summed E-state index contributed by atoms with van der Waals surface area (Å²) in [6, 6.07) is 7.45. The van der Waals surface area contributed by atoms with Crippen molar-refractivity contribution < 1.29 is 13.5 Å². The van der Waals surface area contributed by atoms with Crippen LogP contribution in [0.15, 0.2) is 30.3 Å². The second-order valence-corrected chi connectivity index (χ2v) is 4.07. The Balaban J connectivity index is 2.37. The lowest BCUT2D eigenvalue weighted by molar-refractivity contribution is 0.151. The van der Waals surface area contributed by atoms with Gasteiger partial charge in [-0.25, -0.2) is 24.6 Å². The minimum absolute atomic E-state index is 0.0426. The molecule has 106 valence electrons. The second-order valence-electron chi connectivity index (χ2n) is 4.07. The maximum absolute atomic E-state index is 12.5. The van der Waals surface area contributed by atoms with Crippen LogP contribution in [0.1, 0.15) is 17.7 Å². The van der Waals surface area contributed by atoms with Gasteiger partial charge in [-0.05, 0) is 0 Å². The number of nitrogens with one attached hydrogen (secondary N) is 1. The van der Waals surface area contributed by atoms with Crippen LogP contribution in [0.2, 0.25) is 0 Å². The highest BCUT2D eigenvalue weighted by molar-refractivity contribution is 5.58. The highest BCUT2D eigenvalue weighted by Crippen LogP contribution is 2.23. The number of benzene rings is 1. The van der Waals surface area contributed by atoms with Gasteiger partial charge in [0.1, 0.15) is 5.82 Å². The summed E-state index contributed by atoms with van der Waals surface area (Å²) in [5.74, 6) is 6.17. The Kier molecular flexibility index (Phi) is 4.54. The number of anilines is 1. The fraction of sp³-hybridized carbons (Fsp3) is 0.231. The van der Waals surface area contributed by atoms with E-state index in [-0.39, 0.29) is 5.56 Å². The Bertz CT molecular complexity index is 575. The zero-order valence-corrected chi connectivity index (χ0v) is 10.8. The molecule has 0 aliphatic carbocycles. The number of nitrogen functional groups attached to an aromatic ring is 1. The lowest BCUT2D eigenvalue weighted by atomic mass is 10.1. The summed E-state index contributed by atoms with van der Waals surface area (Å²) >= 11 is 0. The standard InChI is InChI=1S/C13H14F2N4O/c1-20-7-10-6-11(19-16)18-13(17-10)9-4-2-8(3-5-9)12(14)15/h2-6,12H,7,16H2,1H3,(H,17,18,19). The first-order chi connectivity index (χ1) is 9.63. The average molecular weight is 280 g/mol. The Morgan fingerprint density at radius 3 is 2.50 bits per heavy atom. The van der Waals surface area contributed by atoms with E-state index in [1.165, 1.54) is 12.1 Å². The van der Waals surface area contributed by atoms with Crippen LogP contribution in [0.4, 0.5) is 14.6 Å². The number of nitrogens with two attached hydrogens (primary N) is 1. The van der Waals surface area contributed by atoms with Crippen LogP contribution in [0.25, 0.3) is 11.4 Å². The van der Waals surface area contributed by atoms with E-state index >= 15 is 0 Å². The zero-order chi connectivity index (χ0) is 14.5. The van der Waals surface area contributed by atoms with E-state index in [0.29, 0.717) is 29.5 Å². The highest BCUT2D eigenvalue weighted by atomic mass is 19.3. The number of rotatable bonds is 5. The molecular formula is C13H14F2N4O. The van der Waals surface area contributed by atoms with Crippen molar-refractivity contribution in [2.45, 2.75) is 13.0 Å². The molecule has 7 heteroatoms. The molecule has 0 aliphatic rings. The lowest BCUT2D eigenvalue weighted by Gasteiger charge is -2.08. The largest absolute Gasteiger partial charge is 0.378 e. The average Bonchev–Trinajstić information content (AvgIpc) is 2.47. The monoisotopic (exact) mass is 280 g/mol. The van der Waals surface area contributed by atoms with Crippen molar-refractivity contribution in [1.82, 2.24) is 9.97 Å². The van der Waals surface area contributed by atoms with Gasteiger partial charge in [-0.3, -0.25) is 0 Å². The first-order valence-corrected chi connectivity index (χ1v) is 5.86. The third kappa shape index (κ3) is 3.25. The molecule has 3 N–H and O–H groups in total. The molecular weight excluding hydrogens is 266 g/mol. The summed E-state index contributed by atoms with van der Waals surface area (Å²) in [5.41, 5.74) is 3.67. The highest BCUT2D eigenvalue weighted by Gasteiger charge is 2.09. The smallest absolute Gasteiger partial charge is 0.263 e. The van der Waals surface area contributed by atoms with Crippen LogP contribution in [-0.2, 0) is 11.3 Å². The molecule has 0 radical (unpaired) electrons. The van der Waals surface area contributed by atoms with E-state index < -0.39 is 6.43 Å². The molecule has 0 saturated carbocycles. The van der Waals surface area contributed by atoms with Crippen LogP contribution >= 0.6 is 0 Å². The van der Waals surface area contributed by atoms with Crippen molar-refractivity contribution in [3.8, 4) is 11.4 Å². The minimum atomic E-state index is -2.49. The first-order valence-electron chi connectivity index (χ1n) is 5.86.